The fraction of sp³-hybridized carbons (Fsp3) is 0.400. The molecule has 0 bridgehead atoms. The van der Waals surface area contributed by atoms with Crippen molar-refractivity contribution in [2.24, 2.45) is 5.10 Å². The maximum absolute atomic E-state index is 4.80. The summed E-state index contributed by atoms with van der Waals surface area (Å²) in [5.74, 6) is 1.07. The zero-order chi connectivity index (χ0) is 17.6. The number of nitrogens with zero attached hydrogens (tertiary/aromatic N) is 4. The summed E-state index contributed by atoms with van der Waals surface area (Å²) < 4.78 is 0. The number of nitrogens with one attached hydrogen (secondary N) is 1. The van der Waals surface area contributed by atoms with Crippen LogP contribution in [0.15, 0.2) is 47.6 Å². The number of aryl methyl sites for hydroxylation is 1. The average Bonchev–Trinajstić information content (AvgIpc) is 2.61. The number of hydrogen-bond acceptors (Lipinski definition) is 5. The second kappa shape index (κ2) is 8.12. The normalized spacial score (nSPS) is 15.5. The molecule has 1 N–H and O–H groups in total. The molecule has 1 aromatic carbocycles. The predicted molar refractivity (Wildman–Crippen MR) is 106 cm³/mol. The maximum Gasteiger partial charge on any atom is 0.138 e. The smallest absolute Gasteiger partial charge is 0.138 e. The van der Waals surface area contributed by atoms with Crippen LogP contribution < -0.4 is 10.3 Å². The number of aromatic nitrogens is 1. The van der Waals surface area contributed by atoms with Gasteiger partial charge in [0.1, 0.15) is 5.82 Å². The highest BCUT2D eigenvalue weighted by molar-refractivity contribution is 6.06. The molecule has 2 heterocycles. The monoisotopic (exact) mass is 337 g/mol. The second-order valence-electron chi connectivity index (χ2n) is 6.75. The Morgan fingerprint density at radius 1 is 1.16 bits per heavy atom. The predicted octanol–water partition coefficient (Wildman–Crippen LogP) is 3.37. The first kappa shape index (κ1) is 17.4. The molecule has 0 saturated heterocycles. The molecule has 0 saturated carbocycles. The first-order valence-electron chi connectivity index (χ1n) is 8.89. The lowest BCUT2D eigenvalue weighted by atomic mass is 10.0. The number of hydrazone groups is 1. The fourth-order valence-corrected chi connectivity index (χ4v) is 3.05. The van der Waals surface area contributed by atoms with Gasteiger partial charge in [-0.15, -0.1) is 0 Å². The van der Waals surface area contributed by atoms with E-state index in [4.69, 9.17) is 4.98 Å². The van der Waals surface area contributed by atoms with Gasteiger partial charge in [-0.1, -0.05) is 18.2 Å². The average molecular weight is 337 g/mol. The molecule has 1 aliphatic rings. The highest BCUT2D eigenvalue weighted by atomic mass is 15.3. The Morgan fingerprint density at radius 3 is 2.72 bits per heavy atom. The zero-order valence-corrected chi connectivity index (χ0v) is 15.4. The summed E-state index contributed by atoms with van der Waals surface area (Å²) in [6.07, 6.45) is 2.07. The summed E-state index contributed by atoms with van der Waals surface area (Å²) in [6, 6.07) is 14.3. The molecule has 0 amide bonds. The second-order valence-corrected chi connectivity index (χ2v) is 6.75. The minimum atomic E-state index is 0.930. The van der Waals surface area contributed by atoms with Gasteiger partial charge in [0.05, 0.1) is 11.4 Å². The van der Waals surface area contributed by atoms with E-state index in [-0.39, 0.29) is 0 Å². The van der Waals surface area contributed by atoms with Crippen LogP contribution in [0.3, 0.4) is 0 Å². The molecule has 0 spiro atoms. The van der Waals surface area contributed by atoms with Gasteiger partial charge in [-0.05, 0) is 58.3 Å². The summed E-state index contributed by atoms with van der Waals surface area (Å²) >= 11 is 0. The molecule has 2 aromatic rings. The van der Waals surface area contributed by atoms with Gasteiger partial charge in [-0.25, -0.2) is 4.98 Å². The lowest BCUT2D eigenvalue weighted by molar-refractivity contribution is 0.400. The number of pyridine rings is 1. The van der Waals surface area contributed by atoms with Crippen LogP contribution in [-0.2, 0) is 0 Å². The quantitative estimate of drug-likeness (QED) is 0.821. The summed E-state index contributed by atoms with van der Waals surface area (Å²) in [5.41, 5.74) is 7.45. The van der Waals surface area contributed by atoms with Crippen molar-refractivity contribution in [2.75, 3.05) is 44.1 Å². The molecule has 1 aliphatic heterocycles. The maximum atomic E-state index is 4.80. The number of benzene rings is 1. The van der Waals surface area contributed by atoms with Gasteiger partial charge in [-0.3, -0.25) is 5.43 Å². The van der Waals surface area contributed by atoms with Crippen LogP contribution in [0, 0.1) is 6.92 Å². The van der Waals surface area contributed by atoms with Crippen LogP contribution in [-0.4, -0.2) is 49.3 Å². The largest absolute Gasteiger partial charge is 0.356 e. The van der Waals surface area contributed by atoms with Crippen molar-refractivity contribution in [1.82, 2.24) is 9.88 Å². The SMILES string of the molecule is Cc1ccc2c(n1)N(CCCN(C)C)CC/C2=N\Nc1ccccc1. The van der Waals surface area contributed by atoms with Gasteiger partial charge in [-0.2, -0.15) is 5.10 Å². The molecule has 0 aliphatic carbocycles. The van der Waals surface area contributed by atoms with Gasteiger partial charge in [0.2, 0.25) is 0 Å². The van der Waals surface area contributed by atoms with Crippen molar-refractivity contribution in [1.29, 1.82) is 0 Å². The van der Waals surface area contributed by atoms with Crippen molar-refractivity contribution >= 4 is 17.2 Å². The van der Waals surface area contributed by atoms with Gasteiger partial charge in [0.15, 0.2) is 0 Å². The van der Waals surface area contributed by atoms with Crippen molar-refractivity contribution in [2.45, 2.75) is 19.8 Å². The van der Waals surface area contributed by atoms with Gasteiger partial charge < -0.3 is 9.80 Å². The van der Waals surface area contributed by atoms with E-state index in [1.165, 1.54) is 0 Å². The number of fused-ring (bicyclic) bond motifs is 1. The summed E-state index contributed by atoms with van der Waals surface area (Å²) in [4.78, 5) is 9.43. The molecule has 0 atom stereocenters. The molecule has 0 fully saturated rings. The number of hydrogen-bond donors (Lipinski definition) is 1. The Morgan fingerprint density at radius 2 is 1.96 bits per heavy atom. The third-order valence-corrected chi connectivity index (χ3v) is 4.37. The van der Waals surface area contributed by atoms with Gasteiger partial charge in [0, 0.05) is 30.8 Å². The standard InChI is InChI=1S/C20H27N5/c1-16-10-11-18-19(23-22-17-8-5-4-6-9-17)12-15-25(20(18)21-16)14-7-13-24(2)3/h4-6,8-11,22H,7,12-15H2,1-3H3/b23-19+. The van der Waals surface area contributed by atoms with E-state index in [2.05, 4.69) is 46.6 Å². The van der Waals surface area contributed by atoms with E-state index >= 15 is 0 Å². The zero-order valence-electron chi connectivity index (χ0n) is 15.4. The van der Waals surface area contributed by atoms with Crippen LogP contribution in [0.5, 0.6) is 0 Å². The Hall–Kier alpha value is -2.40. The first-order valence-corrected chi connectivity index (χ1v) is 8.89. The third-order valence-electron chi connectivity index (χ3n) is 4.37. The lowest BCUT2D eigenvalue weighted by Gasteiger charge is -2.31. The number of anilines is 2. The third kappa shape index (κ3) is 4.57. The van der Waals surface area contributed by atoms with E-state index < -0.39 is 0 Å². The van der Waals surface area contributed by atoms with Crippen molar-refractivity contribution in [3.05, 3.63) is 53.7 Å². The Kier molecular flexibility index (Phi) is 5.66. The van der Waals surface area contributed by atoms with E-state index in [0.717, 1.165) is 61.0 Å². The van der Waals surface area contributed by atoms with Crippen molar-refractivity contribution in [3.63, 3.8) is 0 Å². The van der Waals surface area contributed by atoms with Crippen molar-refractivity contribution in [3.8, 4) is 0 Å². The van der Waals surface area contributed by atoms with E-state index in [1.54, 1.807) is 0 Å². The minimum Gasteiger partial charge on any atom is -0.356 e. The highest BCUT2D eigenvalue weighted by Crippen LogP contribution is 2.26. The summed E-state index contributed by atoms with van der Waals surface area (Å²) in [5, 5.41) is 4.66. The van der Waals surface area contributed by atoms with Crippen LogP contribution in [0.1, 0.15) is 24.1 Å². The van der Waals surface area contributed by atoms with Crippen LogP contribution in [0.2, 0.25) is 0 Å². The molecular formula is C20H27N5. The molecule has 1 aromatic heterocycles. The van der Waals surface area contributed by atoms with Gasteiger partial charge >= 0.3 is 0 Å². The molecule has 3 rings (SSSR count). The molecular weight excluding hydrogens is 310 g/mol. The molecule has 0 radical (unpaired) electrons. The van der Waals surface area contributed by atoms with Crippen LogP contribution >= 0.6 is 0 Å². The molecule has 0 unspecified atom stereocenters. The molecule has 132 valence electrons. The van der Waals surface area contributed by atoms with Crippen LogP contribution in [0.4, 0.5) is 11.5 Å². The van der Waals surface area contributed by atoms with E-state index in [0.29, 0.717) is 0 Å². The minimum absolute atomic E-state index is 0.930. The van der Waals surface area contributed by atoms with Crippen molar-refractivity contribution < 1.29 is 0 Å². The molecule has 25 heavy (non-hydrogen) atoms. The Bertz CT molecular complexity index is 724. The topological polar surface area (TPSA) is 43.8 Å². The summed E-state index contributed by atoms with van der Waals surface area (Å²) in [6.45, 7) is 5.13. The first-order chi connectivity index (χ1) is 12.1. The van der Waals surface area contributed by atoms with Crippen LogP contribution in [0.25, 0.3) is 0 Å². The number of rotatable bonds is 6. The Balaban J connectivity index is 1.78. The molecule has 5 nitrogen and oxygen atoms in total. The van der Waals surface area contributed by atoms with E-state index in [1.807, 2.05) is 37.3 Å². The fourth-order valence-electron chi connectivity index (χ4n) is 3.05. The van der Waals surface area contributed by atoms with E-state index in [9.17, 15) is 0 Å². The number of para-hydroxylation sites is 1. The molecule has 5 heteroatoms. The highest BCUT2D eigenvalue weighted by Gasteiger charge is 2.23. The summed E-state index contributed by atoms with van der Waals surface area (Å²) in [7, 11) is 4.24. The lowest BCUT2D eigenvalue weighted by Crippen LogP contribution is -2.35. The Labute approximate surface area is 150 Å². The van der Waals surface area contributed by atoms with Gasteiger partial charge in [0.25, 0.3) is 0 Å².